The minimum Gasteiger partial charge on any atom is -0.497 e. The largest absolute Gasteiger partial charge is 0.497 e. The Labute approximate surface area is 184 Å². The molecule has 7 heteroatoms. The fourth-order valence-corrected chi connectivity index (χ4v) is 4.33. The van der Waals surface area contributed by atoms with Crippen LogP contribution in [0, 0.1) is 6.92 Å². The Morgan fingerprint density at radius 1 is 0.867 bits per heavy atom. The van der Waals surface area contributed by atoms with Crippen LogP contribution in [0.3, 0.4) is 0 Å². The Hall–Kier alpha value is -3.16. The molecule has 0 spiro atoms. The van der Waals surface area contributed by atoms with E-state index < -0.39 is 0 Å². The molecule has 4 aromatic rings. The van der Waals surface area contributed by atoms with Gasteiger partial charge in [0.2, 0.25) is 0 Å². The first-order chi connectivity index (χ1) is 14.5. The number of benzene rings is 3. The van der Waals surface area contributed by atoms with Gasteiger partial charge in [-0.3, -0.25) is 0 Å². The molecule has 0 aliphatic rings. The van der Waals surface area contributed by atoms with Crippen molar-refractivity contribution in [3.05, 3.63) is 66.2 Å². The van der Waals surface area contributed by atoms with Gasteiger partial charge in [0, 0.05) is 35.1 Å². The van der Waals surface area contributed by atoms with E-state index in [1.165, 1.54) is 10.3 Å². The summed E-state index contributed by atoms with van der Waals surface area (Å²) in [5, 5.41) is 7.84. The first-order valence-electron chi connectivity index (χ1n) is 9.33. The van der Waals surface area contributed by atoms with Gasteiger partial charge in [-0.05, 0) is 61.1 Å². The summed E-state index contributed by atoms with van der Waals surface area (Å²) >= 11 is 7.14. The third kappa shape index (κ3) is 4.53. The van der Waals surface area contributed by atoms with Crippen LogP contribution in [0.25, 0.3) is 20.8 Å². The molecule has 1 aromatic heterocycles. The summed E-state index contributed by atoms with van der Waals surface area (Å²) in [6.45, 7) is 2.10. The maximum absolute atomic E-state index is 5.44. The maximum atomic E-state index is 5.44. The summed E-state index contributed by atoms with van der Waals surface area (Å²) in [5.74, 6) is 1.38. The molecule has 4 rings (SSSR count). The van der Waals surface area contributed by atoms with Gasteiger partial charge in [-0.15, -0.1) is 11.3 Å². The number of hydrogen-bond acceptors (Lipinski definition) is 5. The zero-order chi connectivity index (χ0) is 21.1. The van der Waals surface area contributed by atoms with E-state index in [0.29, 0.717) is 16.6 Å². The SMILES string of the molecule is COc1cc(NC(=S)Nc2ccc(-c3nc4ccc(C)cc4s3)cc2)cc(OC)c1. The van der Waals surface area contributed by atoms with Crippen molar-refractivity contribution in [3.63, 3.8) is 0 Å². The Kier molecular flexibility index (Phi) is 5.83. The van der Waals surface area contributed by atoms with E-state index in [-0.39, 0.29) is 0 Å². The van der Waals surface area contributed by atoms with Crippen LogP contribution in [0.5, 0.6) is 11.5 Å². The lowest BCUT2D eigenvalue weighted by Crippen LogP contribution is -2.19. The van der Waals surface area contributed by atoms with Crippen molar-refractivity contribution in [1.82, 2.24) is 4.98 Å². The minimum atomic E-state index is 0.480. The van der Waals surface area contributed by atoms with Crippen molar-refractivity contribution in [2.45, 2.75) is 6.92 Å². The first kappa shape index (κ1) is 20.1. The number of methoxy groups -OCH3 is 2. The number of fused-ring (bicyclic) bond motifs is 1. The second kappa shape index (κ2) is 8.69. The highest BCUT2D eigenvalue weighted by atomic mass is 32.1. The molecule has 0 bridgehead atoms. The molecule has 152 valence electrons. The third-order valence-corrected chi connectivity index (χ3v) is 5.81. The molecule has 0 aliphatic heterocycles. The molecular formula is C23H21N3O2S2. The summed E-state index contributed by atoms with van der Waals surface area (Å²) in [6, 6.07) is 19.9. The molecule has 0 radical (unpaired) electrons. The number of hydrogen-bond donors (Lipinski definition) is 2. The summed E-state index contributed by atoms with van der Waals surface area (Å²) in [5.41, 5.74) is 5.03. The van der Waals surface area contributed by atoms with Crippen molar-refractivity contribution >= 4 is 50.3 Å². The quantitative estimate of drug-likeness (QED) is 0.370. The van der Waals surface area contributed by atoms with Crippen LogP contribution in [-0.4, -0.2) is 24.3 Å². The maximum Gasteiger partial charge on any atom is 0.175 e. The number of rotatable bonds is 5. The molecule has 0 amide bonds. The number of nitrogens with zero attached hydrogens (tertiary/aromatic N) is 1. The van der Waals surface area contributed by atoms with Gasteiger partial charge in [0.05, 0.1) is 24.4 Å². The van der Waals surface area contributed by atoms with Gasteiger partial charge in [-0.1, -0.05) is 6.07 Å². The molecule has 1 heterocycles. The number of aryl methyl sites for hydroxylation is 1. The topological polar surface area (TPSA) is 55.4 Å². The van der Waals surface area contributed by atoms with E-state index in [1.807, 2.05) is 42.5 Å². The molecule has 0 fully saturated rings. The molecule has 3 aromatic carbocycles. The lowest BCUT2D eigenvalue weighted by Gasteiger charge is -2.13. The van der Waals surface area contributed by atoms with Crippen molar-refractivity contribution in [3.8, 4) is 22.1 Å². The highest BCUT2D eigenvalue weighted by Gasteiger charge is 2.08. The highest BCUT2D eigenvalue weighted by molar-refractivity contribution is 7.80. The van der Waals surface area contributed by atoms with Gasteiger partial charge < -0.3 is 20.1 Å². The van der Waals surface area contributed by atoms with Crippen molar-refractivity contribution in [2.24, 2.45) is 0 Å². The van der Waals surface area contributed by atoms with Crippen LogP contribution < -0.4 is 20.1 Å². The van der Waals surface area contributed by atoms with Crippen molar-refractivity contribution in [2.75, 3.05) is 24.9 Å². The molecule has 2 N–H and O–H groups in total. The molecule has 5 nitrogen and oxygen atoms in total. The van der Waals surface area contributed by atoms with Crippen LogP contribution in [0.2, 0.25) is 0 Å². The van der Waals surface area contributed by atoms with Gasteiger partial charge in [0.1, 0.15) is 16.5 Å². The van der Waals surface area contributed by atoms with Crippen LogP contribution in [0.4, 0.5) is 11.4 Å². The van der Waals surface area contributed by atoms with Crippen molar-refractivity contribution < 1.29 is 9.47 Å². The van der Waals surface area contributed by atoms with Crippen molar-refractivity contribution in [1.29, 1.82) is 0 Å². The summed E-state index contributed by atoms with van der Waals surface area (Å²) < 4.78 is 11.8. The number of thiazole rings is 1. The molecule has 0 unspecified atom stereocenters. The van der Waals surface area contributed by atoms with E-state index in [4.69, 9.17) is 26.7 Å². The van der Waals surface area contributed by atoms with Gasteiger partial charge in [0.25, 0.3) is 0 Å². The number of aromatic nitrogens is 1. The fraction of sp³-hybridized carbons (Fsp3) is 0.130. The smallest absolute Gasteiger partial charge is 0.175 e. The molecular weight excluding hydrogens is 414 g/mol. The average molecular weight is 436 g/mol. The number of ether oxygens (including phenoxy) is 2. The Balaban J connectivity index is 1.46. The van der Waals surface area contributed by atoms with E-state index in [9.17, 15) is 0 Å². The first-order valence-corrected chi connectivity index (χ1v) is 10.6. The number of nitrogens with one attached hydrogen (secondary N) is 2. The molecule has 30 heavy (non-hydrogen) atoms. The second-order valence-corrected chi connectivity index (χ2v) is 8.19. The van der Waals surface area contributed by atoms with Crippen LogP contribution in [-0.2, 0) is 0 Å². The molecule has 0 saturated heterocycles. The lowest BCUT2D eigenvalue weighted by molar-refractivity contribution is 0.395. The third-order valence-electron chi connectivity index (χ3n) is 4.54. The summed E-state index contributed by atoms with van der Waals surface area (Å²) in [6.07, 6.45) is 0. The van der Waals surface area contributed by atoms with Crippen LogP contribution in [0.1, 0.15) is 5.56 Å². The minimum absolute atomic E-state index is 0.480. The highest BCUT2D eigenvalue weighted by Crippen LogP contribution is 2.31. The average Bonchev–Trinajstić information content (AvgIpc) is 3.17. The van der Waals surface area contributed by atoms with E-state index in [1.54, 1.807) is 25.6 Å². The van der Waals surface area contributed by atoms with Crippen LogP contribution in [0.15, 0.2) is 60.7 Å². The standard InChI is InChI=1S/C23H21N3O2S2/c1-14-4-9-20-21(10-14)30-22(26-20)15-5-7-16(8-6-15)24-23(29)25-17-11-18(27-2)13-19(12-17)28-3/h4-13H,1-3H3,(H2,24,25,29). The summed E-state index contributed by atoms with van der Waals surface area (Å²) in [7, 11) is 3.23. The number of thiocarbonyl (C=S) groups is 1. The zero-order valence-electron chi connectivity index (χ0n) is 16.9. The molecule has 0 aliphatic carbocycles. The Morgan fingerprint density at radius 3 is 2.20 bits per heavy atom. The van der Waals surface area contributed by atoms with Crippen LogP contribution >= 0.6 is 23.6 Å². The number of anilines is 2. The second-order valence-electron chi connectivity index (χ2n) is 6.75. The zero-order valence-corrected chi connectivity index (χ0v) is 18.5. The van der Waals surface area contributed by atoms with Gasteiger partial charge >= 0.3 is 0 Å². The van der Waals surface area contributed by atoms with Gasteiger partial charge in [-0.25, -0.2) is 4.98 Å². The monoisotopic (exact) mass is 435 g/mol. The normalized spacial score (nSPS) is 10.6. The Morgan fingerprint density at radius 2 is 1.53 bits per heavy atom. The molecule has 0 atom stereocenters. The van der Waals surface area contributed by atoms with Gasteiger partial charge in [-0.2, -0.15) is 0 Å². The fourth-order valence-electron chi connectivity index (χ4n) is 3.02. The van der Waals surface area contributed by atoms with E-state index in [2.05, 4.69) is 35.8 Å². The predicted molar refractivity (Wildman–Crippen MR) is 129 cm³/mol. The molecule has 0 saturated carbocycles. The lowest BCUT2D eigenvalue weighted by atomic mass is 10.2. The van der Waals surface area contributed by atoms with E-state index in [0.717, 1.165) is 27.5 Å². The summed E-state index contributed by atoms with van der Waals surface area (Å²) in [4.78, 5) is 4.74. The van der Waals surface area contributed by atoms with E-state index >= 15 is 0 Å². The van der Waals surface area contributed by atoms with Gasteiger partial charge in [0.15, 0.2) is 5.11 Å². The Bertz CT molecular complexity index is 1180. The predicted octanol–water partition coefficient (Wildman–Crippen LogP) is 6.10.